The van der Waals surface area contributed by atoms with E-state index in [2.05, 4.69) is 24.0 Å². The molecular formula is C15H17NOS. The van der Waals surface area contributed by atoms with E-state index in [-0.39, 0.29) is 0 Å². The lowest BCUT2D eigenvalue weighted by Gasteiger charge is -2.08. The molecule has 2 aromatic rings. The van der Waals surface area contributed by atoms with Crippen LogP contribution < -0.4 is 0 Å². The van der Waals surface area contributed by atoms with Gasteiger partial charge in [-0.25, -0.2) is 0 Å². The smallest absolute Gasteiger partial charge is 0.0957 e. The molecule has 2 nitrogen and oxygen atoms in total. The van der Waals surface area contributed by atoms with Gasteiger partial charge in [0.15, 0.2) is 0 Å². The molecule has 0 amide bonds. The SMILES string of the molecule is CC[C@H](O)c1ccc(Sc2ccccc2C)cn1. The fourth-order valence-electron chi connectivity index (χ4n) is 1.66. The van der Waals surface area contributed by atoms with Gasteiger partial charge in [0.25, 0.3) is 0 Å². The molecule has 0 aliphatic heterocycles. The highest BCUT2D eigenvalue weighted by molar-refractivity contribution is 7.99. The Morgan fingerprint density at radius 1 is 1.22 bits per heavy atom. The lowest BCUT2D eigenvalue weighted by molar-refractivity contribution is 0.169. The zero-order valence-corrected chi connectivity index (χ0v) is 11.4. The van der Waals surface area contributed by atoms with E-state index in [9.17, 15) is 5.11 Å². The van der Waals surface area contributed by atoms with Crippen LogP contribution >= 0.6 is 11.8 Å². The molecule has 0 aliphatic carbocycles. The number of hydrogen-bond donors (Lipinski definition) is 1. The van der Waals surface area contributed by atoms with Crippen LogP contribution in [-0.4, -0.2) is 10.1 Å². The summed E-state index contributed by atoms with van der Waals surface area (Å²) in [6, 6.07) is 12.2. The molecule has 18 heavy (non-hydrogen) atoms. The second-order valence-electron chi connectivity index (χ2n) is 4.21. The number of rotatable bonds is 4. The minimum absolute atomic E-state index is 0.456. The maximum Gasteiger partial charge on any atom is 0.0957 e. The lowest BCUT2D eigenvalue weighted by atomic mass is 10.2. The van der Waals surface area contributed by atoms with Crippen molar-refractivity contribution >= 4 is 11.8 Å². The van der Waals surface area contributed by atoms with E-state index in [0.717, 1.165) is 10.6 Å². The van der Waals surface area contributed by atoms with Crippen molar-refractivity contribution in [3.63, 3.8) is 0 Å². The fourth-order valence-corrected chi connectivity index (χ4v) is 2.53. The third-order valence-corrected chi connectivity index (χ3v) is 3.96. The van der Waals surface area contributed by atoms with Gasteiger partial charge in [0, 0.05) is 16.0 Å². The maximum atomic E-state index is 9.68. The third-order valence-electron chi connectivity index (χ3n) is 2.81. The molecule has 1 atom stereocenters. The number of aryl methyl sites for hydroxylation is 1. The van der Waals surface area contributed by atoms with Crippen molar-refractivity contribution in [1.29, 1.82) is 0 Å². The standard InChI is InChI=1S/C15H17NOS/c1-3-14(17)13-9-8-12(10-16-13)18-15-7-5-4-6-11(15)2/h4-10,14,17H,3H2,1-2H3/t14-/m0/s1. The van der Waals surface area contributed by atoms with Crippen molar-refractivity contribution in [2.75, 3.05) is 0 Å². The van der Waals surface area contributed by atoms with Crippen LogP contribution in [0.5, 0.6) is 0 Å². The van der Waals surface area contributed by atoms with E-state index >= 15 is 0 Å². The summed E-state index contributed by atoms with van der Waals surface area (Å²) in [6.45, 7) is 4.05. The van der Waals surface area contributed by atoms with Crippen molar-refractivity contribution in [3.8, 4) is 0 Å². The largest absolute Gasteiger partial charge is 0.387 e. The summed E-state index contributed by atoms with van der Waals surface area (Å²) in [5, 5.41) is 9.68. The summed E-state index contributed by atoms with van der Waals surface area (Å²) in [5.74, 6) is 0. The highest BCUT2D eigenvalue weighted by Crippen LogP contribution is 2.30. The molecule has 1 N–H and O–H groups in total. The van der Waals surface area contributed by atoms with Gasteiger partial charge in [0.1, 0.15) is 0 Å². The molecule has 0 aliphatic rings. The summed E-state index contributed by atoms with van der Waals surface area (Å²) in [7, 11) is 0. The van der Waals surface area contributed by atoms with Crippen molar-refractivity contribution in [1.82, 2.24) is 4.98 Å². The predicted octanol–water partition coefficient (Wildman–Crippen LogP) is 3.98. The molecule has 0 fully saturated rings. The zero-order chi connectivity index (χ0) is 13.0. The Morgan fingerprint density at radius 2 is 2.00 bits per heavy atom. The molecule has 94 valence electrons. The van der Waals surface area contributed by atoms with Crippen molar-refractivity contribution in [3.05, 3.63) is 53.9 Å². The van der Waals surface area contributed by atoms with Gasteiger partial charge < -0.3 is 5.11 Å². The Bertz CT molecular complexity index is 510. The zero-order valence-electron chi connectivity index (χ0n) is 10.6. The Labute approximate surface area is 112 Å². The molecule has 0 spiro atoms. The quantitative estimate of drug-likeness (QED) is 0.901. The maximum absolute atomic E-state index is 9.68. The average Bonchev–Trinajstić information content (AvgIpc) is 2.41. The molecule has 1 aromatic heterocycles. The number of benzene rings is 1. The number of nitrogens with zero attached hydrogens (tertiary/aromatic N) is 1. The van der Waals surface area contributed by atoms with Gasteiger partial charge in [-0.3, -0.25) is 4.98 Å². The second-order valence-corrected chi connectivity index (χ2v) is 5.33. The summed E-state index contributed by atoms with van der Waals surface area (Å²) < 4.78 is 0. The van der Waals surface area contributed by atoms with Crippen LogP contribution in [0.2, 0.25) is 0 Å². The minimum atomic E-state index is -0.456. The van der Waals surface area contributed by atoms with Gasteiger partial charge in [-0.2, -0.15) is 0 Å². The summed E-state index contributed by atoms with van der Waals surface area (Å²) in [4.78, 5) is 6.64. The molecule has 0 radical (unpaired) electrons. The molecule has 0 saturated carbocycles. The van der Waals surface area contributed by atoms with Crippen molar-refractivity contribution in [2.24, 2.45) is 0 Å². The van der Waals surface area contributed by atoms with Crippen LogP contribution in [0.25, 0.3) is 0 Å². The fraction of sp³-hybridized carbons (Fsp3) is 0.267. The highest BCUT2D eigenvalue weighted by Gasteiger charge is 2.06. The lowest BCUT2D eigenvalue weighted by Crippen LogP contribution is -1.97. The number of hydrogen-bond acceptors (Lipinski definition) is 3. The first-order valence-electron chi connectivity index (χ1n) is 6.08. The van der Waals surface area contributed by atoms with Crippen molar-refractivity contribution < 1.29 is 5.11 Å². The molecule has 2 rings (SSSR count). The Morgan fingerprint density at radius 3 is 2.61 bits per heavy atom. The van der Waals surface area contributed by atoms with Crippen LogP contribution in [0, 0.1) is 6.92 Å². The van der Waals surface area contributed by atoms with E-state index in [1.807, 2.05) is 37.4 Å². The molecule has 0 unspecified atom stereocenters. The van der Waals surface area contributed by atoms with Crippen LogP contribution in [0.1, 0.15) is 30.7 Å². The van der Waals surface area contributed by atoms with Gasteiger partial charge >= 0.3 is 0 Å². The van der Waals surface area contributed by atoms with Gasteiger partial charge in [0.2, 0.25) is 0 Å². The summed E-state index contributed by atoms with van der Waals surface area (Å²) in [6.07, 6.45) is 2.06. The third kappa shape index (κ3) is 3.12. The molecule has 1 heterocycles. The number of aromatic nitrogens is 1. The Hall–Kier alpha value is -1.32. The topological polar surface area (TPSA) is 33.1 Å². The molecule has 3 heteroatoms. The van der Waals surface area contributed by atoms with Gasteiger partial charge in [-0.15, -0.1) is 0 Å². The van der Waals surface area contributed by atoms with E-state index in [1.54, 1.807) is 11.8 Å². The summed E-state index contributed by atoms with van der Waals surface area (Å²) in [5.41, 5.74) is 2.01. The molecule has 0 saturated heterocycles. The number of pyridine rings is 1. The molecular weight excluding hydrogens is 242 g/mol. The van der Waals surface area contributed by atoms with E-state index in [1.165, 1.54) is 10.5 Å². The number of aliphatic hydroxyl groups is 1. The van der Waals surface area contributed by atoms with Crippen molar-refractivity contribution in [2.45, 2.75) is 36.2 Å². The Balaban J connectivity index is 2.14. The predicted molar refractivity (Wildman–Crippen MR) is 74.8 cm³/mol. The first kappa shape index (κ1) is 13.1. The number of aliphatic hydroxyl groups excluding tert-OH is 1. The van der Waals surface area contributed by atoms with E-state index in [4.69, 9.17) is 0 Å². The van der Waals surface area contributed by atoms with E-state index in [0.29, 0.717) is 6.42 Å². The van der Waals surface area contributed by atoms with Crippen LogP contribution in [-0.2, 0) is 0 Å². The highest BCUT2D eigenvalue weighted by atomic mass is 32.2. The normalized spacial score (nSPS) is 12.4. The van der Waals surface area contributed by atoms with Gasteiger partial charge in [-0.05, 0) is 37.1 Å². The molecule has 1 aromatic carbocycles. The Kier molecular flexibility index (Phi) is 4.39. The van der Waals surface area contributed by atoms with Crippen LogP contribution in [0.4, 0.5) is 0 Å². The van der Waals surface area contributed by atoms with Crippen LogP contribution in [0.15, 0.2) is 52.4 Å². The first-order valence-corrected chi connectivity index (χ1v) is 6.90. The summed E-state index contributed by atoms with van der Waals surface area (Å²) >= 11 is 1.70. The average molecular weight is 259 g/mol. The molecule has 0 bridgehead atoms. The monoisotopic (exact) mass is 259 g/mol. The van der Waals surface area contributed by atoms with E-state index < -0.39 is 6.10 Å². The van der Waals surface area contributed by atoms with Crippen LogP contribution in [0.3, 0.4) is 0 Å². The van der Waals surface area contributed by atoms with Gasteiger partial charge in [-0.1, -0.05) is 36.9 Å². The minimum Gasteiger partial charge on any atom is -0.387 e. The van der Waals surface area contributed by atoms with Gasteiger partial charge in [0.05, 0.1) is 11.8 Å². The second kappa shape index (κ2) is 6.03. The first-order chi connectivity index (χ1) is 8.70.